The molecule has 0 amide bonds. The van der Waals surface area contributed by atoms with Crippen LogP contribution in [0.15, 0.2) is 0 Å². The second-order valence-electron chi connectivity index (χ2n) is 0.202. The first-order valence-corrected chi connectivity index (χ1v) is 0.654. The first kappa shape index (κ1) is 8.88. The third-order valence-corrected chi connectivity index (χ3v) is 0.0430. The van der Waals surface area contributed by atoms with Crippen molar-refractivity contribution >= 4 is 24.1 Å². The summed E-state index contributed by atoms with van der Waals surface area (Å²) in [5.41, 5.74) is 0. The van der Waals surface area contributed by atoms with E-state index in [4.69, 9.17) is 10.1 Å². The van der Waals surface area contributed by atoms with Crippen molar-refractivity contribution in [3.8, 4) is 0 Å². The van der Waals surface area contributed by atoms with Crippen molar-refractivity contribution in [2.75, 3.05) is 0 Å². The van der Waals surface area contributed by atoms with Crippen molar-refractivity contribution in [3.05, 3.63) is 0 Å². The van der Waals surface area contributed by atoms with Gasteiger partial charge in [-0.25, -0.2) is 5.26 Å². The quantitative estimate of drug-likeness (QED) is 0.201. The fraction of sp³-hybridized carbons (Fsp3) is 0. The molecule has 0 aromatic rings. The van der Waals surface area contributed by atoms with Crippen LogP contribution < -0.4 is 0 Å². The van der Waals surface area contributed by atoms with Gasteiger partial charge in [-0.05, 0) is 0 Å². The average molecular weight is 139 g/mol. The van der Waals surface area contributed by atoms with E-state index in [9.17, 15) is 0 Å². The Labute approximate surface area is 39.8 Å². The second-order valence-corrected chi connectivity index (χ2v) is 0.202. The van der Waals surface area contributed by atoms with Gasteiger partial charge >= 0.3 is 24.1 Å². The average Bonchev–Trinajstić information content (AvgIpc) is 1.37. The topological polar surface area (TPSA) is 46.5 Å². The Balaban J connectivity index is 0. The van der Waals surface area contributed by atoms with Gasteiger partial charge in [-0.15, -0.1) is 0 Å². The predicted octanol–water partition coefficient (Wildman–Crippen LogP) is -1.82. The number of hydrogen-bond donors (Lipinski definition) is 1. The fourth-order valence-corrected chi connectivity index (χ4v) is 0. The summed E-state index contributed by atoms with van der Waals surface area (Å²) in [5, 5.41) is 7.01. The van der Waals surface area contributed by atoms with Crippen molar-refractivity contribution in [1.29, 1.82) is 0 Å². The second kappa shape index (κ2) is 9.02. The molecule has 0 aromatic carbocycles. The molecule has 0 saturated carbocycles. The van der Waals surface area contributed by atoms with E-state index in [0.29, 0.717) is 0 Å². The summed E-state index contributed by atoms with van der Waals surface area (Å²) >= 11 is 0. The van der Waals surface area contributed by atoms with Crippen LogP contribution in [-0.2, 0) is 9.68 Å². The molecule has 0 saturated heterocycles. The zero-order valence-corrected chi connectivity index (χ0v) is 1.84. The Kier molecular flexibility index (Phi) is 16.0. The van der Waals surface area contributed by atoms with Gasteiger partial charge in [-0.1, -0.05) is 0 Å². The fourth-order valence-electron chi connectivity index (χ4n) is 0. The van der Waals surface area contributed by atoms with Gasteiger partial charge in [0.15, 0.2) is 0 Å². The molecule has 3 nitrogen and oxygen atoms in total. The van der Waals surface area contributed by atoms with Crippen molar-refractivity contribution in [1.82, 2.24) is 0 Å². The maximum absolute atomic E-state index is 8.70. The van der Waals surface area contributed by atoms with Crippen LogP contribution in [0.5, 0.6) is 0 Å². The molecule has 0 aliphatic rings. The molecule has 1 N–H and O–H groups in total. The van der Waals surface area contributed by atoms with Gasteiger partial charge in [0, 0.05) is 0 Å². The van der Waals surface area contributed by atoms with Crippen LogP contribution in [0.2, 0.25) is 0 Å². The third-order valence-electron chi connectivity index (χ3n) is 0.0430. The van der Waals surface area contributed by atoms with Gasteiger partial charge in [0.05, 0.1) is 0 Å². The first-order valence-electron chi connectivity index (χ1n) is 0.654. The van der Waals surface area contributed by atoms with Crippen molar-refractivity contribution < 1.29 is 14.9 Å². The summed E-state index contributed by atoms with van der Waals surface area (Å²) in [6, 6.07) is 0. The summed E-state index contributed by atoms with van der Waals surface area (Å²) in [5.74, 6) is 0. The summed E-state index contributed by atoms with van der Waals surface area (Å²) in [7, 11) is 0. The molecule has 0 aliphatic carbocycles. The molecule has 0 unspecified atom stereocenters. The molecule has 0 rings (SSSR count). The van der Waals surface area contributed by atoms with E-state index in [1.165, 1.54) is 0 Å². The molecule has 32 valence electrons. The van der Waals surface area contributed by atoms with Crippen LogP contribution in [0.25, 0.3) is 0 Å². The molecule has 0 aliphatic heterocycles. The van der Waals surface area contributed by atoms with E-state index in [2.05, 4.69) is 4.89 Å². The van der Waals surface area contributed by atoms with Crippen molar-refractivity contribution in [3.63, 3.8) is 0 Å². The monoisotopic (exact) mass is 140 g/mol. The third kappa shape index (κ3) is 16.3. The first-order chi connectivity index (χ1) is 1.91. The number of carbonyl (C=O) groups is 1. The van der Waals surface area contributed by atoms with Crippen molar-refractivity contribution in [2.45, 2.75) is 0 Å². The van der Waals surface area contributed by atoms with Gasteiger partial charge in [-0.3, -0.25) is 4.79 Å². The summed E-state index contributed by atoms with van der Waals surface area (Å²) in [6.45, 7) is -0.0694. The van der Waals surface area contributed by atoms with Gasteiger partial charge < -0.3 is 4.89 Å². The Morgan fingerprint density at radius 2 is 2.00 bits per heavy atom. The Bertz CT molecular complexity index is 20.9. The number of carbonyl (C=O) groups excluding carboxylic acids is 1. The minimum atomic E-state index is -0.0694. The molecule has 0 radical (unpaired) electrons. The Morgan fingerprint density at radius 1 is 1.80 bits per heavy atom. The molecule has 0 heterocycles. The summed E-state index contributed by atoms with van der Waals surface area (Å²) in [4.78, 5) is 11.6. The number of rotatable bonds is 1. The molecule has 0 bridgehead atoms. The van der Waals surface area contributed by atoms with E-state index in [-0.39, 0.29) is 24.1 Å². The van der Waals surface area contributed by atoms with Crippen LogP contribution in [0.1, 0.15) is 0 Å². The van der Waals surface area contributed by atoms with Crippen LogP contribution in [0, 0.1) is 0 Å². The van der Waals surface area contributed by atoms with Gasteiger partial charge in [0.25, 0.3) is 0 Å². The molecule has 0 fully saturated rings. The Morgan fingerprint density at radius 3 is 2.00 bits per heavy atom. The van der Waals surface area contributed by atoms with E-state index in [1.54, 1.807) is 0 Å². The maximum atomic E-state index is 8.70. The molecule has 5 heavy (non-hydrogen) atoms. The minimum absolute atomic E-state index is 0. The normalized spacial score (nSPS) is 4.20. The van der Waals surface area contributed by atoms with Crippen LogP contribution in [-0.4, -0.2) is 29.3 Å². The molecule has 0 spiro atoms. The van der Waals surface area contributed by atoms with E-state index < -0.39 is 0 Å². The Hall–Kier alpha value is -0.0271. The standard InChI is InChI=1S/CH2O3.GeH4/c2-1-4-3;/h1,3H;1H4. The van der Waals surface area contributed by atoms with E-state index in [1.807, 2.05) is 0 Å². The molecule has 0 atom stereocenters. The van der Waals surface area contributed by atoms with E-state index in [0.717, 1.165) is 0 Å². The zero-order chi connectivity index (χ0) is 3.41. The SMILES string of the molecule is O=COO.[GeH4]. The van der Waals surface area contributed by atoms with E-state index >= 15 is 0 Å². The van der Waals surface area contributed by atoms with Gasteiger partial charge in [0.2, 0.25) is 0 Å². The molecule has 4 heteroatoms. The van der Waals surface area contributed by atoms with Crippen LogP contribution >= 0.6 is 0 Å². The zero-order valence-electron chi connectivity index (χ0n) is 1.84. The van der Waals surface area contributed by atoms with Crippen molar-refractivity contribution in [2.24, 2.45) is 0 Å². The predicted molar refractivity (Wildman–Crippen MR) is 21.1 cm³/mol. The number of hydrogen-bond acceptors (Lipinski definition) is 3. The summed E-state index contributed by atoms with van der Waals surface area (Å²) < 4.78 is 0. The van der Waals surface area contributed by atoms with Crippen LogP contribution in [0.4, 0.5) is 0 Å². The van der Waals surface area contributed by atoms with Crippen LogP contribution in [0.3, 0.4) is 0 Å². The van der Waals surface area contributed by atoms with Gasteiger partial charge in [-0.2, -0.15) is 0 Å². The molecule has 0 aromatic heterocycles. The molecular formula is CH6GeO3. The molecular weight excluding hydrogens is 133 g/mol. The summed E-state index contributed by atoms with van der Waals surface area (Å²) in [6.07, 6.45) is 0. The van der Waals surface area contributed by atoms with Gasteiger partial charge in [0.1, 0.15) is 0 Å².